The summed E-state index contributed by atoms with van der Waals surface area (Å²) < 4.78 is 5.08. The maximum Gasteiger partial charge on any atom is 0.255 e. The number of carbonyl (C=O) groups is 2. The molecule has 26 heavy (non-hydrogen) atoms. The van der Waals surface area contributed by atoms with Crippen LogP contribution in [-0.2, 0) is 9.53 Å². The van der Waals surface area contributed by atoms with E-state index in [0.717, 1.165) is 13.0 Å². The van der Waals surface area contributed by atoms with E-state index in [-0.39, 0.29) is 23.3 Å². The average molecular weight is 361 g/mol. The van der Waals surface area contributed by atoms with Gasteiger partial charge in [-0.15, -0.1) is 0 Å². The molecule has 1 aromatic heterocycles. The molecule has 0 bridgehead atoms. The maximum absolute atomic E-state index is 13.0. The number of ether oxygens (including phenoxy) is 1. The Morgan fingerprint density at radius 3 is 2.69 bits per heavy atom. The lowest BCUT2D eigenvalue weighted by Gasteiger charge is -2.24. The van der Waals surface area contributed by atoms with Gasteiger partial charge in [0.2, 0.25) is 11.5 Å². The number of carbonyl (C=O) groups excluding carboxylic acids is 2. The predicted molar refractivity (Wildman–Crippen MR) is 97.2 cm³/mol. The number of aromatic amines is 1. The van der Waals surface area contributed by atoms with Gasteiger partial charge in [-0.3, -0.25) is 14.4 Å². The predicted octanol–water partition coefficient (Wildman–Crippen LogP) is 1.21. The second-order valence-electron chi connectivity index (χ2n) is 7.60. The van der Waals surface area contributed by atoms with Gasteiger partial charge in [-0.2, -0.15) is 0 Å². The van der Waals surface area contributed by atoms with E-state index in [2.05, 4.69) is 4.98 Å². The molecule has 142 valence electrons. The molecule has 3 heterocycles. The van der Waals surface area contributed by atoms with Gasteiger partial charge in [-0.05, 0) is 24.8 Å². The highest BCUT2D eigenvalue weighted by atomic mass is 16.5. The molecule has 2 aliphatic rings. The normalized spacial score (nSPS) is 22.8. The molecule has 1 atom stereocenters. The van der Waals surface area contributed by atoms with E-state index in [1.165, 1.54) is 6.07 Å². The summed E-state index contributed by atoms with van der Waals surface area (Å²) in [6, 6.07) is 2.99. The summed E-state index contributed by atoms with van der Waals surface area (Å²) in [5.74, 6) is 0.0671. The van der Waals surface area contributed by atoms with Gasteiger partial charge < -0.3 is 19.5 Å². The minimum Gasteiger partial charge on any atom is -0.383 e. The number of H-pyrrole nitrogens is 1. The van der Waals surface area contributed by atoms with E-state index in [9.17, 15) is 14.4 Å². The highest BCUT2D eigenvalue weighted by Gasteiger charge is 2.51. The summed E-state index contributed by atoms with van der Waals surface area (Å²) in [6.07, 6.45) is 1.48. The molecule has 0 radical (unpaired) electrons. The van der Waals surface area contributed by atoms with E-state index < -0.39 is 5.41 Å². The van der Waals surface area contributed by atoms with Crippen LogP contribution < -0.4 is 5.56 Å². The van der Waals surface area contributed by atoms with E-state index >= 15 is 0 Å². The number of hydrogen-bond donors (Lipinski definition) is 1. The molecule has 1 N–H and O–H groups in total. The monoisotopic (exact) mass is 361 g/mol. The quantitative estimate of drug-likeness (QED) is 0.855. The Morgan fingerprint density at radius 1 is 1.27 bits per heavy atom. The Bertz CT molecular complexity index is 757. The number of hydrogen-bond acceptors (Lipinski definition) is 4. The SMILES string of the molecule is COCCN1CCC2(CCN(C(=O)c3ccc(=O)[nH]c3C(C)C)C2)C1=O. The van der Waals surface area contributed by atoms with Crippen molar-refractivity contribution in [1.29, 1.82) is 0 Å². The Balaban J connectivity index is 1.76. The van der Waals surface area contributed by atoms with Crippen LogP contribution in [0.5, 0.6) is 0 Å². The smallest absolute Gasteiger partial charge is 0.255 e. The lowest BCUT2D eigenvalue weighted by Crippen LogP contribution is -2.39. The van der Waals surface area contributed by atoms with Gasteiger partial charge in [0.25, 0.3) is 5.91 Å². The van der Waals surface area contributed by atoms with Gasteiger partial charge in [-0.1, -0.05) is 13.8 Å². The average Bonchev–Trinajstić information content (AvgIpc) is 3.18. The molecule has 2 amide bonds. The molecule has 2 aliphatic heterocycles. The van der Waals surface area contributed by atoms with Crippen LogP contribution in [0.1, 0.15) is 48.7 Å². The summed E-state index contributed by atoms with van der Waals surface area (Å²) in [4.78, 5) is 43.9. The molecule has 7 heteroatoms. The standard InChI is InChI=1S/C19H27N3O4/c1-13(2)16-14(4-5-15(23)20-16)17(24)22-9-7-19(12-22)6-8-21(18(19)25)10-11-26-3/h4-5,13H,6-12H2,1-3H3,(H,20,23). The first kappa shape index (κ1) is 18.6. The number of rotatable bonds is 5. The van der Waals surface area contributed by atoms with Crippen molar-refractivity contribution in [2.45, 2.75) is 32.6 Å². The first-order valence-electron chi connectivity index (χ1n) is 9.19. The van der Waals surface area contributed by atoms with Crippen LogP contribution in [0, 0.1) is 5.41 Å². The summed E-state index contributed by atoms with van der Waals surface area (Å²) in [5.41, 5.74) is 0.521. The van der Waals surface area contributed by atoms with Gasteiger partial charge in [0, 0.05) is 45.0 Å². The summed E-state index contributed by atoms with van der Waals surface area (Å²) in [6.45, 7) is 6.76. The molecule has 3 rings (SSSR count). The first-order valence-corrected chi connectivity index (χ1v) is 9.19. The van der Waals surface area contributed by atoms with Crippen LogP contribution >= 0.6 is 0 Å². The fraction of sp³-hybridized carbons (Fsp3) is 0.632. The second-order valence-corrected chi connectivity index (χ2v) is 7.60. The number of nitrogens with one attached hydrogen (secondary N) is 1. The lowest BCUT2D eigenvalue weighted by molar-refractivity contribution is -0.135. The van der Waals surface area contributed by atoms with Gasteiger partial charge in [0.05, 0.1) is 17.6 Å². The molecular formula is C19H27N3O4. The Hall–Kier alpha value is -2.15. The van der Waals surface area contributed by atoms with E-state index in [1.807, 2.05) is 18.7 Å². The van der Waals surface area contributed by atoms with Crippen LogP contribution in [0.3, 0.4) is 0 Å². The third-order valence-electron chi connectivity index (χ3n) is 5.56. The fourth-order valence-corrected chi connectivity index (χ4v) is 4.03. The number of aromatic nitrogens is 1. The highest BCUT2D eigenvalue weighted by Crippen LogP contribution is 2.41. The van der Waals surface area contributed by atoms with Crippen LogP contribution in [0.25, 0.3) is 0 Å². The highest BCUT2D eigenvalue weighted by molar-refractivity contribution is 5.96. The van der Waals surface area contributed by atoms with Gasteiger partial charge in [0.15, 0.2) is 0 Å². The van der Waals surface area contributed by atoms with Crippen LogP contribution in [-0.4, -0.2) is 66.5 Å². The molecule has 2 saturated heterocycles. The number of pyridine rings is 1. The van der Waals surface area contributed by atoms with Crippen molar-refractivity contribution in [2.75, 3.05) is 39.9 Å². The van der Waals surface area contributed by atoms with Gasteiger partial charge in [0.1, 0.15) is 0 Å². The fourth-order valence-electron chi connectivity index (χ4n) is 4.03. The topological polar surface area (TPSA) is 82.7 Å². The lowest BCUT2D eigenvalue weighted by atomic mass is 9.85. The molecule has 7 nitrogen and oxygen atoms in total. The largest absolute Gasteiger partial charge is 0.383 e. The van der Waals surface area contributed by atoms with E-state index in [0.29, 0.717) is 43.9 Å². The Labute approximate surface area is 153 Å². The van der Waals surface area contributed by atoms with Crippen molar-refractivity contribution in [1.82, 2.24) is 14.8 Å². The third-order valence-corrected chi connectivity index (χ3v) is 5.56. The molecule has 1 spiro atoms. The molecule has 2 fully saturated rings. The first-order chi connectivity index (χ1) is 12.4. The minimum absolute atomic E-state index is 0.0389. The van der Waals surface area contributed by atoms with Crippen LogP contribution in [0.4, 0.5) is 0 Å². The summed E-state index contributed by atoms with van der Waals surface area (Å²) in [7, 11) is 1.63. The zero-order valence-corrected chi connectivity index (χ0v) is 15.7. The maximum atomic E-state index is 13.0. The van der Waals surface area contributed by atoms with Crippen molar-refractivity contribution in [3.05, 3.63) is 33.7 Å². The molecular weight excluding hydrogens is 334 g/mol. The Kier molecular flexibility index (Phi) is 5.18. The molecule has 0 aromatic carbocycles. The number of nitrogens with zero attached hydrogens (tertiary/aromatic N) is 2. The minimum atomic E-state index is -0.455. The van der Waals surface area contributed by atoms with E-state index in [1.54, 1.807) is 18.1 Å². The molecule has 1 aromatic rings. The van der Waals surface area contributed by atoms with Crippen molar-refractivity contribution < 1.29 is 14.3 Å². The van der Waals surface area contributed by atoms with Gasteiger partial charge in [-0.25, -0.2) is 0 Å². The van der Waals surface area contributed by atoms with Gasteiger partial charge >= 0.3 is 0 Å². The zero-order valence-electron chi connectivity index (χ0n) is 15.7. The number of likely N-dealkylation sites (tertiary alicyclic amines) is 2. The summed E-state index contributed by atoms with van der Waals surface area (Å²) in [5, 5.41) is 0. The Morgan fingerprint density at radius 2 is 2.00 bits per heavy atom. The number of amides is 2. The van der Waals surface area contributed by atoms with Crippen molar-refractivity contribution in [3.8, 4) is 0 Å². The summed E-state index contributed by atoms with van der Waals surface area (Å²) >= 11 is 0. The van der Waals surface area contributed by atoms with Crippen LogP contribution in [0.2, 0.25) is 0 Å². The molecule has 0 aliphatic carbocycles. The van der Waals surface area contributed by atoms with Crippen molar-refractivity contribution in [2.24, 2.45) is 5.41 Å². The zero-order chi connectivity index (χ0) is 18.9. The third kappa shape index (κ3) is 3.28. The van der Waals surface area contributed by atoms with Crippen LogP contribution in [0.15, 0.2) is 16.9 Å². The molecule has 0 saturated carbocycles. The second kappa shape index (κ2) is 7.23. The molecule has 1 unspecified atom stereocenters. The van der Waals surface area contributed by atoms with E-state index in [4.69, 9.17) is 4.74 Å². The van der Waals surface area contributed by atoms with Crippen molar-refractivity contribution in [3.63, 3.8) is 0 Å². The van der Waals surface area contributed by atoms with Crippen molar-refractivity contribution >= 4 is 11.8 Å². The number of methoxy groups -OCH3 is 1.